The van der Waals surface area contributed by atoms with Crippen LogP contribution >= 0.6 is 12.2 Å². The second-order valence-corrected chi connectivity index (χ2v) is 5.26. The van der Waals surface area contributed by atoms with E-state index in [0.29, 0.717) is 4.99 Å². The van der Waals surface area contributed by atoms with E-state index in [1.165, 1.54) is 31.5 Å². The molecule has 1 aromatic carbocycles. The zero-order valence-corrected chi connectivity index (χ0v) is 11.2. The van der Waals surface area contributed by atoms with E-state index < -0.39 is 0 Å². The first kappa shape index (κ1) is 12.5. The number of thiocarbonyl (C=S) groups is 1. The van der Waals surface area contributed by atoms with Crippen molar-refractivity contribution in [3.63, 3.8) is 0 Å². The molecule has 2 nitrogen and oxygen atoms in total. The van der Waals surface area contributed by atoms with Gasteiger partial charge in [0.2, 0.25) is 0 Å². The Balaban J connectivity index is 2.06. The summed E-state index contributed by atoms with van der Waals surface area (Å²) in [6, 6.07) is 8.21. The fraction of sp³-hybridized carbons (Fsp3) is 0.500. The molecule has 1 atom stereocenters. The number of nitrogens with two attached hydrogens (primary N) is 1. The topological polar surface area (TPSA) is 29.3 Å². The minimum atomic E-state index is 0.506. The summed E-state index contributed by atoms with van der Waals surface area (Å²) in [5.41, 5.74) is 8.05. The van der Waals surface area contributed by atoms with Gasteiger partial charge >= 0.3 is 0 Å². The maximum atomic E-state index is 5.76. The standard InChI is InChI=1S/C14H20N2S/c1-2-11-7-8-16(9-11)10-12-5-3-4-6-13(12)14(15)17/h3-6,11H,2,7-10H2,1H3,(H2,15,17). The molecule has 1 heterocycles. The van der Waals surface area contributed by atoms with Crippen molar-refractivity contribution in [3.05, 3.63) is 35.4 Å². The van der Waals surface area contributed by atoms with Crippen LogP contribution in [0.4, 0.5) is 0 Å². The number of benzene rings is 1. The first-order valence-corrected chi connectivity index (χ1v) is 6.71. The molecule has 1 saturated heterocycles. The van der Waals surface area contributed by atoms with Crippen molar-refractivity contribution >= 4 is 17.2 Å². The van der Waals surface area contributed by atoms with Gasteiger partial charge in [0.05, 0.1) is 0 Å². The van der Waals surface area contributed by atoms with Gasteiger partial charge in [-0.15, -0.1) is 0 Å². The molecular weight excluding hydrogens is 228 g/mol. The van der Waals surface area contributed by atoms with E-state index in [4.69, 9.17) is 18.0 Å². The largest absolute Gasteiger partial charge is 0.389 e. The minimum absolute atomic E-state index is 0.506. The smallest absolute Gasteiger partial charge is 0.104 e. The molecule has 17 heavy (non-hydrogen) atoms. The first-order chi connectivity index (χ1) is 8.20. The summed E-state index contributed by atoms with van der Waals surface area (Å²) in [5.74, 6) is 0.868. The van der Waals surface area contributed by atoms with Crippen LogP contribution in [0.2, 0.25) is 0 Å². The SMILES string of the molecule is CCC1CCN(Cc2ccccc2C(N)=S)C1. The fourth-order valence-corrected chi connectivity index (χ4v) is 2.73. The van der Waals surface area contributed by atoms with Gasteiger partial charge in [-0.05, 0) is 24.4 Å². The van der Waals surface area contributed by atoms with Gasteiger partial charge in [0, 0.05) is 18.7 Å². The summed E-state index contributed by atoms with van der Waals surface area (Å²) in [7, 11) is 0. The van der Waals surface area contributed by atoms with Crippen LogP contribution in [-0.2, 0) is 6.54 Å². The highest BCUT2D eigenvalue weighted by Gasteiger charge is 2.21. The van der Waals surface area contributed by atoms with Crippen LogP contribution in [0.1, 0.15) is 30.9 Å². The molecule has 3 heteroatoms. The van der Waals surface area contributed by atoms with Gasteiger partial charge in [-0.1, -0.05) is 49.8 Å². The predicted molar refractivity (Wildman–Crippen MR) is 76.0 cm³/mol. The zero-order chi connectivity index (χ0) is 12.3. The van der Waals surface area contributed by atoms with Gasteiger partial charge < -0.3 is 5.73 Å². The lowest BCUT2D eigenvalue weighted by Crippen LogP contribution is -2.22. The summed E-state index contributed by atoms with van der Waals surface area (Å²) in [4.78, 5) is 3.01. The van der Waals surface area contributed by atoms with E-state index in [9.17, 15) is 0 Å². The van der Waals surface area contributed by atoms with E-state index in [2.05, 4.69) is 24.0 Å². The quantitative estimate of drug-likeness (QED) is 0.830. The van der Waals surface area contributed by atoms with Crippen LogP contribution in [0.5, 0.6) is 0 Å². The monoisotopic (exact) mass is 248 g/mol. The second kappa shape index (κ2) is 5.61. The third-order valence-electron chi connectivity index (χ3n) is 3.62. The molecule has 0 radical (unpaired) electrons. The molecule has 2 N–H and O–H groups in total. The number of likely N-dealkylation sites (tertiary alicyclic amines) is 1. The maximum absolute atomic E-state index is 5.76. The molecule has 1 fully saturated rings. The summed E-state index contributed by atoms with van der Waals surface area (Å²) in [6.45, 7) is 5.66. The predicted octanol–water partition coefficient (Wildman–Crippen LogP) is 2.55. The van der Waals surface area contributed by atoms with E-state index >= 15 is 0 Å². The molecule has 92 valence electrons. The summed E-state index contributed by atoms with van der Waals surface area (Å²) >= 11 is 5.10. The van der Waals surface area contributed by atoms with Gasteiger partial charge in [0.15, 0.2) is 0 Å². The highest BCUT2D eigenvalue weighted by atomic mass is 32.1. The zero-order valence-electron chi connectivity index (χ0n) is 10.4. The van der Waals surface area contributed by atoms with Crippen molar-refractivity contribution < 1.29 is 0 Å². The van der Waals surface area contributed by atoms with Gasteiger partial charge in [-0.2, -0.15) is 0 Å². The van der Waals surface area contributed by atoms with Crippen LogP contribution in [0, 0.1) is 5.92 Å². The maximum Gasteiger partial charge on any atom is 0.104 e. The number of nitrogens with zero attached hydrogens (tertiary/aromatic N) is 1. The lowest BCUT2D eigenvalue weighted by atomic mass is 10.1. The molecular formula is C14H20N2S. The summed E-state index contributed by atoms with van der Waals surface area (Å²) in [5, 5.41) is 0. The van der Waals surface area contributed by atoms with Crippen molar-refractivity contribution in [1.82, 2.24) is 4.90 Å². The molecule has 0 aliphatic carbocycles. The molecule has 1 aliphatic heterocycles. The van der Waals surface area contributed by atoms with E-state index in [1.807, 2.05) is 12.1 Å². The highest BCUT2D eigenvalue weighted by Crippen LogP contribution is 2.22. The van der Waals surface area contributed by atoms with Gasteiger partial charge in [-0.25, -0.2) is 0 Å². The first-order valence-electron chi connectivity index (χ1n) is 6.30. The van der Waals surface area contributed by atoms with Crippen molar-refractivity contribution in [2.45, 2.75) is 26.3 Å². The molecule has 0 aromatic heterocycles. The Morgan fingerprint density at radius 1 is 1.47 bits per heavy atom. The molecule has 1 unspecified atom stereocenters. The number of hydrogen-bond donors (Lipinski definition) is 1. The van der Waals surface area contributed by atoms with Crippen molar-refractivity contribution in [2.75, 3.05) is 13.1 Å². The molecule has 0 spiro atoms. The van der Waals surface area contributed by atoms with E-state index in [0.717, 1.165) is 18.0 Å². The second-order valence-electron chi connectivity index (χ2n) is 4.82. The van der Waals surface area contributed by atoms with Crippen molar-refractivity contribution in [2.24, 2.45) is 11.7 Å². The number of hydrogen-bond acceptors (Lipinski definition) is 2. The summed E-state index contributed by atoms with van der Waals surface area (Å²) < 4.78 is 0. The summed E-state index contributed by atoms with van der Waals surface area (Å²) in [6.07, 6.45) is 2.61. The van der Waals surface area contributed by atoms with Crippen molar-refractivity contribution in [1.29, 1.82) is 0 Å². The van der Waals surface area contributed by atoms with E-state index in [-0.39, 0.29) is 0 Å². The minimum Gasteiger partial charge on any atom is -0.389 e. The normalized spacial score (nSPS) is 20.6. The third-order valence-corrected chi connectivity index (χ3v) is 3.84. The fourth-order valence-electron chi connectivity index (χ4n) is 2.53. The molecule has 1 aliphatic rings. The van der Waals surface area contributed by atoms with Crippen LogP contribution in [0.3, 0.4) is 0 Å². The highest BCUT2D eigenvalue weighted by molar-refractivity contribution is 7.80. The van der Waals surface area contributed by atoms with Crippen molar-refractivity contribution in [3.8, 4) is 0 Å². The molecule has 0 saturated carbocycles. The van der Waals surface area contributed by atoms with Gasteiger partial charge in [-0.3, -0.25) is 4.90 Å². The van der Waals surface area contributed by atoms with Crippen LogP contribution < -0.4 is 5.73 Å². The molecule has 0 amide bonds. The Morgan fingerprint density at radius 3 is 2.88 bits per heavy atom. The Labute approximate surface area is 109 Å². The molecule has 2 rings (SSSR count). The Hall–Kier alpha value is -0.930. The third kappa shape index (κ3) is 3.05. The Bertz CT molecular complexity index is 403. The number of rotatable bonds is 4. The Morgan fingerprint density at radius 2 is 2.24 bits per heavy atom. The lowest BCUT2D eigenvalue weighted by molar-refractivity contribution is 0.315. The molecule has 1 aromatic rings. The van der Waals surface area contributed by atoms with Crippen LogP contribution in [0.15, 0.2) is 24.3 Å². The Kier molecular flexibility index (Phi) is 4.13. The van der Waals surface area contributed by atoms with Gasteiger partial charge in [0.25, 0.3) is 0 Å². The molecule has 0 bridgehead atoms. The average molecular weight is 248 g/mol. The van der Waals surface area contributed by atoms with Gasteiger partial charge in [0.1, 0.15) is 4.99 Å². The van der Waals surface area contributed by atoms with E-state index in [1.54, 1.807) is 0 Å². The van der Waals surface area contributed by atoms with Crippen LogP contribution in [0.25, 0.3) is 0 Å². The lowest BCUT2D eigenvalue weighted by Gasteiger charge is -2.17. The van der Waals surface area contributed by atoms with Crippen LogP contribution in [-0.4, -0.2) is 23.0 Å². The average Bonchev–Trinajstić information content (AvgIpc) is 2.77.